The number of esters is 1. The molecule has 3 heteroatoms. The lowest BCUT2D eigenvalue weighted by Gasteiger charge is -2.01. The van der Waals surface area contributed by atoms with Gasteiger partial charge < -0.3 is 9.53 Å². The summed E-state index contributed by atoms with van der Waals surface area (Å²) in [7, 11) is 0. The summed E-state index contributed by atoms with van der Waals surface area (Å²) in [5.41, 5.74) is 2.24. The van der Waals surface area contributed by atoms with Crippen LogP contribution in [-0.2, 0) is 14.3 Å². The monoisotopic (exact) mass is 238 g/mol. The van der Waals surface area contributed by atoms with E-state index in [0.29, 0.717) is 13.0 Å². The maximum absolute atomic E-state index is 11.1. The highest BCUT2D eigenvalue weighted by Crippen LogP contribution is 2.09. The molecule has 0 aliphatic rings. The molecule has 96 valence electrons. The molecule has 0 heterocycles. The summed E-state index contributed by atoms with van der Waals surface area (Å²) < 4.78 is 4.82. The average molecular weight is 238 g/mol. The molecule has 0 aliphatic heterocycles. The third-order valence-corrected chi connectivity index (χ3v) is 2.34. The van der Waals surface area contributed by atoms with E-state index in [1.54, 1.807) is 6.92 Å². The Bertz CT molecular complexity index is 301. The van der Waals surface area contributed by atoms with Crippen molar-refractivity contribution in [1.29, 1.82) is 0 Å². The third-order valence-electron chi connectivity index (χ3n) is 2.34. The van der Waals surface area contributed by atoms with Gasteiger partial charge >= 0.3 is 5.97 Å². The lowest BCUT2D eigenvalue weighted by Crippen LogP contribution is -2.00. The van der Waals surface area contributed by atoms with Crippen molar-refractivity contribution in [2.75, 3.05) is 6.61 Å². The SMILES string of the molecule is CCOC(=O)/C=C(\C)CC/C=C(/C)CCC=O. The molecule has 0 unspecified atom stereocenters. The smallest absolute Gasteiger partial charge is 0.330 e. The fourth-order valence-electron chi connectivity index (χ4n) is 1.39. The summed E-state index contributed by atoms with van der Waals surface area (Å²) >= 11 is 0. The highest BCUT2D eigenvalue weighted by atomic mass is 16.5. The molecule has 0 radical (unpaired) electrons. The number of hydrogen-bond donors (Lipinski definition) is 0. The van der Waals surface area contributed by atoms with E-state index in [1.165, 1.54) is 11.6 Å². The van der Waals surface area contributed by atoms with Crippen molar-refractivity contribution in [2.24, 2.45) is 0 Å². The van der Waals surface area contributed by atoms with Crippen molar-refractivity contribution in [3.8, 4) is 0 Å². The van der Waals surface area contributed by atoms with Crippen LogP contribution in [0.15, 0.2) is 23.3 Å². The van der Waals surface area contributed by atoms with Crippen LogP contribution in [0.3, 0.4) is 0 Å². The Hall–Kier alpha value is -1.38. The van der Waals surface area contributed by atoms with Crippen molar-refractivity contribution >= 4 is 12.3 Å². The molecule has 0 bridgehead atoms. The largest absolute Gasteiger partial charge is 0.463 e. The number of allylic oxidation sites excluding steroid dienone is 3. The first-order valence-corrected chi connectivity index (χ1v) is 6.03. The molecule has 17 heavy (non-hydrogen) atoms. The van der Waals surface area contributed by atoms with Crippen LogP contribution in [0.1, 0.15) is 46.5 Å². The van der Waals surface area contributed by atoms with Crippen LogP contribution in [0.5, 0.6) is 0 Å². The highest BCUT2D eigenvalue weighted by Gasteiger charge is 1.97. The number of aldehydes is 1. The molecular weight excluding hydrogens is 216 g/mol. The van der Waals surface area contributed by atoms with Gasteiger partial charge in [-0.25, -0.2) is 4.79 Å². The summed E-state index contributed by atoms with van der Waals surface area (Å²) in [6, 6.07) is 0. The van der Waals surface area contributed by atoms with Crippen LogP contribution in [0, 0.1) is 0 Å². The molecular formula is C14H22O3. The van der Waals surface area contributed by atoms with Gasteiger partial charge in [-0.3, -0.25) is 0 Å². The van der Waals surface area contributed by atoms with E-state index in [-0.39, 0.29) is 5.97 Å². The van der Waals surface area contributed by atoms with Crippen LogP contribution >= 0.6 is 0 Å². The molecule has 0 saturated heterocycles. The Labute approximate surface area is 104 Å². The molecule has 0 amide bonds. The fourth-order valence-corrected chi connectivity index (χ4v) is 1.39. The van der Waals surface area contributed by atoms with Crippen molar-refractivity contribution in [1.82, 2.24) is 0 Å². The second-order valence-corrected chi connectivity index (χ2v) is 4.04. The zero-order chi connectivity index (χ0) is 13.1. The van der Waals surface area contributed by atoms with Gasteiger partial charge in [0.15, 0.2) is 0 Å². The van der Waals surface area contributed by atoms with E-state index in [0.717, 1.165) is 31.1 Å². The predicted molar refractivity (Wildman–Crippen MR) is 68.7 cm³/mol. The number of hydrogen-bond acceptors (Lipinski definition) is 3. The van der Waals surface area contributed by atoms with Crippen molar-refractivity contribution in [3.63, 3.8) is 0 Å². The Morgan fingerprint density at radius 2 is 1.76 bits per heavy atom. The highest BCUT2D eigenvalue weighted by molar-refractivity contribution is 5.82. The number of carbonyl (C=O) groups excluding carboxylic acids is 2. The maximum atomic E-state index is 11.1. The van der Waals surface area contributed by atoms with E-state index in [1.807, 2.05) is 13.8 Å². The summed E-state index contributed by atoms with van der Waals surface area (Å²) in [6.45, 7) is 6.15. The maximum Gasteiger partial charge on any atom is 0.330 e. The molecule has 0 atom stereocenters. The van der Waals surface area contributed by atoms with E-state index in [9.17, 15) is 9.59 Å². The molecule has 0 aromatic carbocycles. The quantitative estimate of drug-likeness (QED) is 0.282. The second kappa shape index (κ2) is 9.82. The normalized spacial score (nSPS) is 12.4. The van der Waals surface area contributed by atoms with Crippen LogP contribution in [0.2, 0.25) is 0 Å². The minimum absolute atomic E-state index is 0.272. The van der Waals surface area contributed by atoms with Gasteiger partial charge in [-0.05, 0) is 40.0 Å². The molecule has 0 aromatic rings. The second-order valence-electron chi connectivity index (χ2n) is 4.04. The molecule has 0 fully saturated rings. The van der Waals surface area contributed by atoms with Gasteiger partial charge in [0.1, 0.15) is 6.29 Å². The topological polar surface area (TPSA) is 43.4 Å². The number of carbonyl (C=O) groups is 2. The zero-order valence-electron chi connectivity index (χ0n) is 11.0. The van der Waals surface area contributed by atoms with Crippen LogP contribution in [0.25, 0.3) is 0 Å². The first-order valence-electron chi connectivity index (χ1n) is 6.03. The van der Waals surface area contributed by atoms with Crippen molar-refractivity contribution in [3.05, 3.63) is 23.3 Å². The van der Waals surface area contributed by atoms with E-state index < -0.39 is 0 Å². The minimum Gasteiger partial charge on any atom is -0.463 e. The van der Waals surface area contributed by atoms with E-state index >= 15 is 0 Å². The van der Waals surface area contributed by atoms with Crippen LogP contribution < -0.4 is 0 Å². The average Bonchev–Trinajstić information content (AvgIpc) is 2.26. The number of rotatable bonds is 8. The molecule has 0 spiro atoms. The Balaban J connectivity index is 3.94. The van der Waals surface area contributed by atoms with Crippen LogP contribution in [-0.4, -0.2) is 18.9 Å². The molecule has 0 saturated carbocycles. The Morgan fingerprint density at radius 3 is 2.35 bits per heavy atom. The van der Waals surface area contributed by atoms with Gasteiger partial charge in [0.05, 0.1) is 6.61 Å². The minimum atomic E-state index is -0.272. The zero-order valence-corrected chi connectivity index (χ0v) is 11.0. The standard InChI is InChI=1S/C14H22O3/c1-4-17-14(16)11-13(3)8-5-7-12(2)9-6-10-15/h7,10-11H,4-6,8-9H2,1-3H3/b12-7-,13-11+. The van der Waals surface area contributed by atoms with Crippen molar-refractivity contribution in [2.45, 2.75) is 46.5 Å². The molecule has 0 aliphatic carbocycles. The lowest BCUT2D eigenvalue weighted by molar-refractivity contribution is -0.137. The molecule has 3 nitrogen and oxygen atoms in total. The summed E-state index contributed by atoms with van der Waals surface area (Å²) in [5.74, 6) is -0.272. The molecule has 0 rings (SSSR count). The van der Waals surface area contributed by atoms with Gasteiger partial charge in [-0.15, -0.1) is 0 Å². The first-order chi connectivity index (χ1) is 8.10. The fraction of sp³-hybridized carbons (Fsp3) is 0.571. The molecule has 0 N–H and O–H groups in total. The summed E-state index contributed by atoms with van der Waals surface area (Å²) in [4.78, 5) is 21.3. The van der Waals surface area contributed by atoms with Crippen LogP contribution in [0.4, 0.5) is 0 Å². The van der Waals surface area contributed by atoms with E-state index in [4.69, 9.17) is 4.74 Å². The summed E-state index contributed by atoms with van der Waals surface area (Å²) in [6.07, 6.45) is 7.74. The predicted octanol–water partition coefficient (Wildman–Crippen LogP) is 3.20. The van der Waals surface area contributed by atoms with Gasteiger partial charge in [0.25, 0.3) is 0 Å². The van der Waals surface area contributed by atoms with Crippen molar-refractivity contribution < 1.29 is 14.3 Å². The van der Waals surface area contributed by atoms with Gasteiger partial charge in [0, 0.05) is 12.5 Å². The Kier molecular flexibility index (Phi) is 9.02. The van der Waals surface area contributed by atoms with Gasteiger partial charge in [-0.1, -0.05) is 17.2 Å². The summed E-state index contributed by atoms with van der Waals surface area (Å²) in [5, 5.41) is 0. The number of ether oxygens (including phenoxy) is 1. The Morgan fingerprint density at radius 1 is 1.12 bits per heavy atom. The molecule has 0 aromatic heterocycles. The van der Waals surface area contributed by atoms with Gasteiger partial charge in [-0.2, -0.15) is 0 Å². The third kappa shape index (κ3) is 9.54. The van der Waals surface area contributed by atoms with E-state index in [2.05, 4.69) is 6.08 Å². The lowest BCUT2D eigenvalue weighted by atomic mass is 10.1. The first kappa shape index (κ1) is 15.6. The van der Waals surface area contributed by atoms with Gasteiger partial charge in [0.2, 0.25) is 0 Å².